The summed E-state index contributed by atoms with van der Waals surface area (Å²) in [5, 5.41) is 13.4. The quantitative estimate of drug-likeness (QED) is 0.0592. The molecule has 10 aromatic carbocycles. The van der Waals surface area contributed by atoms with Crippen LogP contribution in [0.15, 0.2) is 296 Å². The molecule has 0 amide bonds. The van der Waals surface area contributed by atoms with E-state index in [1.807, 2.05) is 24.3 Å². The van der Waals surface area contributed by atoms with Crippen LogP contribution in [0.5, 0.6) is 0 Å². The van der Waals surface area contributed by atoms with Gasteiger partial charge in [-0.3, -0.25) is 4.98 Å². The molecule has 15 rings (SSSR count). The van der Waals surface area contributed by atoms with Crippen LogP contribution in [-0.4, -0.2) is 28.3 Å². The van der Waals surface area contributed by atoms with E-state index >= 15 is 0 Å². The first-order valence-corrected chi connectivity index (χ1v) is 42.1. The number of halogens is 9. The van der Waals surface area contributed by atoms with Crippen molar-refractivity contribution in [1.82, 2.24) is 9.97 Å². The molecule has 3 heterocycles. The van der Waals surface area contributed by atoms with Crippen LogP contribution in [-0.2, 0) is 37.6 Å². The first-order chi connectivity index (χ1) is 49.7. The Kier molecular flexibility index (Phi) is 29.0. The summed E-state index contributed by atoms with van der Waals surface area (Å²) in [5.74, 6) is 1.14. The number of pyridine rings is 2. The van der Waals surface area contributed by atoms with Gasteiger partial charge in [-0.1, -0.05) is 281 Å². The van der Waals surface area contributed by atoms with E-state index in [0.29, 0.717) is 17.5 Å². The number of fused-ring (bicyclic) bond motifs is 2. The zero-order valence-corrected chi connectivity index (χ0v) is 64.3. The van der Waals surface area contributed by atoms with E-state index in [-0.39, 0.29) is 38.9 Å². The van der Waals surface area contributed by atoms with Gasteiger partial charge in [0.2, 0.25) is 0 Å². The summed E-state index contributed by atoms with van der Waals surface area (Å²) in [6, 6.07) is 94.2. The summed E-state index contributed by atoms with van der Waals surface area (Å²) >= 11 is 2.74. The minimum atomic E-state index is -4.36. The molecule has 0 spiro atoms. The molecule has 1 aliphatic heterocycles. The minimum absolute atomic E-state index is 0.106. The third kappa shape index (κ3) is 21.9. The predicted octanol–water partition coefficient (Wildman–Crippen LogP) is 23.3. The monoisotopic (exact) mass is 1620 g/mol. The van der Waals surface area contributed by atoms with Crippen LogP contribution < -0.4 is 37.3 Å². The normalized spacial score (nSPS) is 15.1. The second-order valence-electron chi connectivity index (χ2n) is 26.4. The molecule has 2 aromatic heterocycles. The van der Waals surface area contributed by atoms with Crippen LogP contribution in [0, 0.1) is 0 Å². The Labute approximate surface area is 630 Å². The number of alkyl halides is 6. The molecule has 3 aliphatic rings. The number of hydrogen-bond acceptors (Lipinski definition) is 4. The number of rotatable bonds is 10. The van der Waals surface area contributed by atoms with E-state index in [1.54, 1.807) is 0 Å². The standard InChI is InChI=1S/C22H29BO2.C22H20F3N.2C18H15P.C6H3BrF3N.2ClH.Pd/c1-21(2)22(3,4)25-23(24-21)18-14-17-12-8-9-13-19(17)20(15-18)16-10-6-5-7-11-16;23-22(24,25)18-10-11-26-21(14-18)17-12-16-8-4-5-9-19(16)20(13-17)15-6-2-1-3-7-15;2*1-4-10-16(11-5-1)19(17-12-6-2-7-13-17)18-14-8-3-9-15-18;7-5-3-4(1-2-11-5)6(8,9)10;;;/h8-9,12-16H,5-7,10-11H2,1-4H3;4-5,8-15H,1-3,6-7H2;2*1-15H;1-3H;2*1H;/q;;;;;;;+2/p-2. The van der Waals surface area contributed by atoms with Crippen molar-refractivity contribution in [1.29, 1.82) is 0 Å². The van der Waals surface area contributed by atoms with Gasteiger partial charge in [0.1, 0.15) is 4.60 Å². The van der Waals surface area contributed by atoms with E-state index in [2.05, 4.69) is 284 Å². The van der Waals surface area contributed by atoms with Gasteiger partial charge in [-0.05, 0) is 203 Å². The van der Waals surface area contributed by atoms with Gasteiger partial charge in [-0.2, -0.15) is 26.3 Å². The van der Waals surface area contributed by atoms with Gasteiger partial charge in [0, 0.05) is 18.0 Å². The predicted molar refractivity (Wildman–Crippen MR) is 422 cm³/mol. The largest absolute Gasteiger partial charge is 0.0622 e. The first kappa shape index (κ1) is 78.7. The van der Waals surface area contributed by atoms with Gasteiger partial charge in [-0.15, -0.1) is 0 Å². The molecule has 2 aliphatic carbocycles. The Morgan fingerprint density at radius 1 is 0.408 bits per heavy atom. The molecule has 0 N–H and O–H groups in total. The first-order valence-electron chi connectivity index (χ1n) is 34.6. The maximum Gasteiger partial charge on any atom is -0.0134 e. The Bertz CT molecular complexity index is 4250. The molecule has 17 heteroatoms. The fourth-order valence-corrected chi connectivity index (χ4v) is 18.1. The molecule has 4 nitrogen and oxygen atoms in total. The van der Waals surface area contributed by atoms with Gasteiger partial charge in [0.05, 0.1) is 28.0 Å². The molecular weight excluding hydrogens is 1540 g/mol. The van der Waals surface area contributed by atoms with Gasteiger partial charge in [-0.25, -0.2) is 4.98 Å². The van der Waals surface area contributed by atoms with Gasteiger partial charge >= 0.3 is 54.5 Å². The average Bonchev–Trinajstić information content (AvgIpc) is 1.64. The molecule has 0 atom stereocenters. The number of nitrogens with zero attached hydrogens (tertiary/aromatic N) is 2. The molecular formula is C86H82BBrCl2F6N2O2P2Pd. The van der Waals surface area contributed by atoms with Crippen molar-refractivity contribution in [2.45, 2.75) is 127 Å². The van der Waals surface area contributed by atoms with Crippen LogP contribution >= 0.6 is 50.8 Å². The van der Waals surface area contributed by atoms with Crippen LogP contribution in [0.1, 0.15) is 126 Å². The van der Waals surface area contributed by atoms with Crippen molar-refractivity contribution in [3.8, 4) is 11.3 Å². The van der Waals surface area contributed by atoms with Crippen molar-refractivity contribution >= 4 is 117 Å². The molecule has 1 saturated heterocycles. The zero-order chi connectivity index (χ0) is 72.8. The van der Waals surface area contributed by atoms with Crippen molar-refractivity contribution in [2.24, 2.45) is 0 Å². The number of benzene rings is 10. The molecule has 0 bridgehead atoms. The Balaban J connectivity index is 0.000000140. The summed E-state index contributed by atoms with van der Waals surface area (Å²) in [6.45, 7) is 8.48. The second-order valence-corrected chi connectivity index (χ2v) is 34.0. The summed E-state index contributed by atoms with van der Waals surface area (Å²) in [6.07, 6.45) is 6.36. The Morgan fingerprint density at radius 2 is 0.728 bits per heavy atom. The molecule has 0 unspecified atom stereocenters. The number of aromatic nitrogens is 2. The maximum absolute atomic E-state index is 13.1. The van der Waals surface area contributed by atoms with Gasteiger partial charge in [0.15, 0.2) is 0 Å². The van der Waals surface area contributed by atoms with Crippen molar-refractivity contribution in [3.63, 3.8) is 0 Å². The number of hydrogen-bond donors (Lipinski definition) is 0. The summed E-state index contributed by atoms with van der Waals surface area (Å²) in [7, 11) is 8.46. The molecule has 3 fully saturated rings. The van der Waals surface area contributed by atoms with Crippen molar-refractivity contribution < 1.29 is 51.6 Å². The van der Waals surface area contributed by atoms with Crippen molar-refractivity contribution in [2.75, 3.05) is 0 Å². The van der Waals surface area contributed by atoms with Crippen LogP contribution in [0.3, 0.4) is 0 Å². The SMILES string of the molecule is CC1(C)OB(c2cc(C3CCCCC3)c3ccccc3c2)OC1(C)C.FC(F)(F)c1ccnc(-c2cc(C3CCCCC3)c3ccccc3c2)c1.FC(F)(F)c1ccnc(Br)c1.[Cl][Pd][Cl].c1ccc(P(c2ccccc2)c2ccccc2)cc1.c1ccc(P(c2ccccc2)c2ccccc2)cc1. The van der Waals surface area contributed by atoms with Crippen LogP contribution in [0.2, 0.25) is 0 Å². The van der Waals surface area contributed by atoms with Gasteiger partial charge < -0.3 is 9.31 Å². The molecule has 0 radical (unpaired) electrons. The Hall–Kier alpha value is -6.83. The zero-order valence-electron chi connectivity index (χ0n) is 57.8. The maximum atomic E-state index is 13.1. The fraction of sp³-hybridized carbons (Fsp3) is 0.233. The average molecular weight is 1620 g/mol. The molecule has 2 saturated carbocycles. The third-order valence-electron chi connectivity index (χ3n) is 18.9. The van der Waals surface area contributed by atoms with E-state index in [4.69, 9.17) is 28.4 Å². The van der Waals surface area contributed by atoms with E-state index < -0.39 is 39.3 Å². The topological polar surface area (TPSA) is 44.2 Å². The third-order valence-corrected chi connectivity index (χ3v) is 24.3. The molecule has 534 valence electrons. The van der Waals surface area contributed by atoms with E-state index in [1.165, 1.54) is 117 Å². The second kappa shape index (κ2) is 37.9. The molecule has 103 heavy (non-hydrogen) atoms. The minimum Gasteiger partial charge on any atom is -0.0622 e. The van der Waals surface area contributed by atoms with E-state index in [9.17, 15) is 26.3 Å². The summed E-state index contributed by atoms with van der Waals surface area (Å²) < 4.78 is 87.8. The van der Waals surface area contributed by atoms with Crippen molar-refractivity contribution in [3.05, 3.63) is 318 Å². The summed E-state index contributed by atoms with van der Waals surface area (Å²) in [5.41, 5.74) is 3.09. The Morgan fingerprint density at radius 3 is 1.08 bits per heavy atom. The van der Waals surface area contributed by atoms with E-state index in [0.717, 1.165) is 59.7 Å². The van der Waals surface area contributed by atoms with Gasteiger partial charge in [0.25, 0.3) is 0 Å². The summed E-state index contributed by atoms with van der Waals surface area (Å²) in [4.78, 5) is 7.79. The fourth-order valence-electron chi connectivity index (χ4n) is 13.2. The van der Waals surface area contributed by atoms with Crippen LogP contribution in [0.25, 0.3) is 32.8 Å². The molecule has 12 aromatic rings. The van der Waals surface area contributed by atoms with Crippen LogP contribution in [0.4, 0.5) is 26.3 Å². The smallest absolute Gasteiger partial charge is 0.0134 e.